The Balaban J connectivity index is 1.25. The van der Waals surface area contributed by atoms with Crippen molar-refractivity contribution in [1.82, 2.24) is 24.8 Å². The number of anilines is 1. The Labute approximate surface area is 258 Å². The molecule has 2 unspecified atom stereocenters. The number of hydrogen-bond donors (Lipinski definition) is 2. The molecule has 2 aromatic carbocycles. The van der Waals surface area contributed by atoms with Crippen molar-refractivity contribution in [3.8, 4) is 23.0 Å². The van der Waals surface area contributed by atoms with Gasteiger partial charge in [0.2, 0.25) is 0 Å². The SMILES string of the molecule is O=c1c2c(N3CC4CCC(C3)N4)nc(OC[C@@]34CCCN3C[C@H](F)C4)nc2c(F)c(-c2cc(O)cc3ccccc23)n1C1CC1. The van der Waals surface area contributed by atoms with Crippen LogP contribution in [0, 0.1) is 5.82 Å². The summed E-state index contributed by atoms with van der Waals surface area (Å²) in [5.74, 6) is -0.247. The van der Waals surface area contributed by atoms with Gasteiger partial charge in [0.25, 0.3) is 5.56 Å². The lowest BCUT2D eigenvalue weighted by molar-refractivity contribution is 0.107. The molecule has 11 heteroatoms. The second-order valence-electron chi connectivity index (χ2n) is 13.7. The van der Waals surface area contributed by atoms with Crippen molar-refractivity contribution in [3.05, 3.63) is 52.6 Å². The number of piperazine rings is 1. The standard InChI is InChI=1S/C34H36F2N6O3/c35-20-14-34(10-3-11-41(34)15-20)18-45-33-38-29-27(31(39-33)40-16-21-6-7-22(17-40)37-21)32(44)42(23-8-9-23)30(28(29)36)26-13-24(43)12-19-4-1-2-5-25(19)26/h1-2,4-5,12-13,20-23,37,43H,3,6-11,14-18H2/t20-,21?,22?,34+/m1/s1. The molecule has 45 heavy (non-hydrogen) atoms. The first-order valence-corrected chi connectivity index (χ1v) is 16.3. The molecule has 0 amide bonds. The van der Waals surface area contributed by atoms with Gasteiger partial charge >= 0.3 is 6.01 Å². The van der Waals surface area contributed by atoms with Crippen LogP contribution in [0.2, 0.25) is 0 Å². The highest BCUT2D eigenvalue weighted by Crippen LogP contribution is 2.44. The topological polar surface area (TPSA) is 95.8 Å². The first-order chi connectivity index (χ1) is 21.9. The molecule has 234 valence electrons. The van der Waals surface area contributed by atoms with Crippen molar-refractivity contribution in [2.45, 2.75) is 74.8 Å². The molecule has 9 rings (SSSR count). The van der Waals surface area contributed by atoms with E-state index in [0.29, 0.717) is 37.4 Å². The Hall–Kier alpha value is -3.83. The summed E-state index contributed by atoms with van der Waals surface area (Å²) in [5.41, 5.74) is -0.279. The van der Waals surface area contributed by atoms with E-state index in [1.807, 2.05) is 24.3 Å². The molecule has 6 heterocycles. The smallest absolute Gasteiger partial charge is 0.319 e. The number of hydrogen-bond acceptors (Lipinski definition) is 8. The fourth-order valence-electron chi connectivity index (χ4n) is 8.56. The summed E-state index contributed by atoms with van der Waals surface area (Å²) in [4.78, 5) is 28.3. The first-order valence-electron chi connectivity index (χ1n) is 16.3. The molecule has 5 fully saturated rings. The minimum Gasteiger partial charge on any atom is -0.508 e. The number of pyridine rings is 1. The minimum absolute atomic E-state index is 0.00102. The van der Waals surface area contributed by atoms with Gasteiger partial charge < -0.3 is 24.6 Å². The number of nitrogens with zero attached hydrogens (tertiary/aromatic N) is 5. The molecule has 1 aliphatic carbocycles. The van der Waals surface area contributed by atoms with Crippen molar-refractivity contribution in [2.24, 2.45) is 0 Å². The molecule has 1 saturated carbocycles. The van der Waals surface area contributed by atoms with Gasteiger partial charge in [-0.05, 0) is 68.0 Å². The fraction of sp³-hybridized carbons (Fsp3) is 0.500. The highest BCUT2D eigenvalue weighted by Gasteiger charge is 2.49. The molecular formula is C34H36F2N6O3. The monoisotopic (exact) mass is 614 g/mol. The van der Waals surface area contributed by atoms with Crippen LogP contribution in [-0.4, -0.2) is 81.1 Å². The molecule has 4 atom stereocenters. The van der Waals surface area contributed by atoms with Crippen LogP contribution >= 0.6 is 0 Å². The van der Waals surface area contributed by atoms with E-state index < -0.39 is 17.5 Å². The van der Waals surface area contributed by atoms with Crippen LogP contribution in [0.3, 0.4) is 0 Å². The maximum absolute atomic E-state index is 17.3. The van der Waals surface area contributed by atoms with E-state index >= 15 is 4.39 Å². The lowest BCUT2D eigenvalue weighted by atomic mass is 9.95. The van der Waals surface area contributed by atoms with Crippen molar-refractivity contribution in [1.29, 1.82) is 0 Å². The summed E-state index contributed by atoms with van der Waals surface area (Å²) >= 11 is 0. The third-order valence-electron chi connectivity index (χ3n) is 10.7. The van der Waals surface area contributed by atoms with E-state index in [-0.39, 0.29) is 58.6 Å². The Morgan fingerprint density at radius 1 is 1.07 bits per heavy atom. The van der Waals surface area contributed by atoms with Crippen molar-refractivity contribution < 1.29 is 18.6 Å². The van der Waals surface area contributed by atoms with Crippen LogP contribution in [0.25, 0.3) is 32.9 Å². The number of benzene rings is 2. The quantitative estimate of drug-likeness (QED) is 0.323. The van der Waals surface area contributed by atoms with E-state index in [1.165, 1.54) is 6.07 Å². The average Bonchev–Trinajstić information content (AvgIpc) is 3.61. The molecule has 2 N–H and O–H groups in total. The van der Waals surface area contributed by atoms with Gasteiger partial charge in [-0.3, -0.25) is 9.69 Å². The molecule has 5 aliphatic rings. The van der Waals surface area contributed by atoms with Crippen LogP contribution in [0.1, 0.15) is 51.0 Å². The lowest BCUT2D eigenvalue weighted by Gasteiger charge is -2.34. The molecule has 4 aromatic rings. The second-order valence-corrected chi connectivity index (χ2v) is 13.7. The van der Waals surface area contributed by atoms with Crippen LogP contribution < -0.4 is 20.5 Å². The van der Waals surface area contributed by atoms with Gasteiger partial charge in [0.1, 0.15) is 35.2 Å². The zero-order valence-corrected chi connectivity index (χ0v) is 25.0. The number of halogens is 2. The largest absolute Gasteiger partial charge is 0.508 e. The number of aromatic nitrogens is 3. The Bertz CT molecular complexity index is 1900. The van der Waals surface area contributed by atoms with Crippen molar-refractivity contribution in [2.75, 3.05) is 37.7 Å². The number of alkyl halides is 1. The molecule has 4 aliphatic heterocycles. The molecular weight excluding hydrogens is 578 g/mol. The third-order valence-corrected chi connectivity index (χ3v) is 10.7. The van der Waals surface area contributed by atoms with E-state index in [9.17, 15) is 14.3 Å². The van der Waals surface area contributed by atoms with Crippen LogP contribution in [0.4, 0.5) is 14.6 Å². The number of ether oxygens (including phenoxy) is 1. The predicted octanol–water partition coefficient (Wildman–Crippen LogP) is 4.69. The van der Waals surface area contributed by atoms with Gasteiger partial charge in [-0.1, -0.05) is 24.3 Å². The predicted molar refractivity (Wildman–Crippen MR) is 167 cm³/mol. The van der Waals surface area contributed by atoms with Gasteiger partial charge in [0.05, 0.1) is 11.2 Å². The molecule has 9 nitrogen and oxygen atoms in total. The van der Waals surface area contributed by atoms with E-state index in [0.717, 1.165) is 55.8 Å². The maximum Gasteiger partial charge on any atom is 0.319 e. The highest BCUT2D eigenvalue weighted by molar-refractivity contribution is 6.00. The Morgan fingerprint density at radius 3 is 2.67 bits per heavy atom. The summed E-state index contributed by atoms with van der Waals surface area (Å²) in [7, 11) is 0. The number of fused-ring (bicyclic) bond motifs is 5. The normalized spacial score (nSPS) is 28.0. The molecule has 0 spiro atoms. The van der Waals surface area contributed by atoms with E-state index in [1.54, 1.807) is 10.6 Å². The number of phenols is 1. The second kappa shape index (κ2) is 10.1. The molecule has 0 radical (unpaired) electrons. The minimum atomic E-state index is -0.906. The first kappa shape index (κ1) is 27.5. The van der Waals surface area contributed by atoms with Gasteiger partial charge in [0.15, 0.2) is 5.82 Å². The molecule has 2 aromatic heterocycles. The lowest BCUT2D eigenvalue weighted by Crippen LogP contribution is -2.51. The van der Waals surface area contributed by atoms with Crippen molar-refractivity contribution >= 4 is 27.5 Å². The van der Waals surface area contributed by atoms with Gasteiger partial charge in [-0.2, -0.15) is 9.97 Å². The van der Waals surface area contributed by atoms with Crippen LogP contribution in [0.5, 0.6) is 11.8 Å². The summed E-state index contributed by atoms with van der Waals surface area (Å²) in [5, 5.41) is 15.9. The number of phenolic OH excluding ortho intramolecular Hbond substituents is 1. The Morgan fingerprint density at radius 2 is 1.87 bits per heavy atom. The van der Waals surface area contributed by atoms with E-state index in [2.05, 4.69) is 20.1 Å². The summed E-state index contributed by atoms with van der Waals surface area (Å²) in [6, 6.07) is 11.0. The maximum atomic E-state index is 17.3. The zero-order valence-electron chi connectivity index (χ0n) is 25.0. The number of rotatable bonds is 6. The summed E-state index contributed by atoms with van der Waals surface area (Å²) < 4.78 is 39.6. The third kappa shape index (κ3) is 4.41. The van der Waals surface area contributed by atoms with Crippen molar-refractivity contribution in [3.63, 3.8) is 0 Å². The summed E-state index contributed by atoms with van der Waals surface area (Å²) in [6.07, 6.45) is 4.87. The number of nitrogens with one attached hydrogen (secondary N) is 1. The van der Waals surface area contributed by atoms with Gasteiger partial charge in [0, 0.05) is 49.7 Å². The zero-order chi connectivity index (χ0) is 30.4. The average molecular weight is 615 g/mol. The molecule has 4 saturated heterocycles. The highest BCUT2D eigenvalue weighted by atomic mass is 19.1. The summed E-state index contributed by atoms with van der Waals surface area (Å²) in [6.45, 7) is 2.72. The Kier molecular flexibility index (Phi) is 6.16. The number of aromatic hydroxyl groups is 1. The van der Waals surface area contributed by atoms with Gasteiger partial charge in [-0.15, -0.1) is 0 Å². The van der Waals surface area contributed by atoms with Gasteiger partial charge in [-0.25, -0.2) is 8.78 Å². The van der Waals surface area contributed by atoms with Crippen LogP contribution in [0.15, 0.2) is 41.2 Å². The van der Waals surface area contributed by atoms with Crippen LogP contribution in [-0.2, 0) is 0 Å². The molecule has 2 bridgehead atoms. The fourth-order valence-corrected chi connectivity index (χ4v) is 8.56. The van der Waals surface area contributed by atoms with E-state index in [4.69, 9.17) is 9.72 Å².